The van der Waals surface area contributed by atoms with E-state index >= 15 is 0 Å². The van der Waals surface area contributed by atoms with Gasteiger partial charge < -0.3 is 9.45 Å². The second-order valence-corrected chi connectivity index (χ2v) is 11.7. The number of unbranched alkanes of at least 4 members (excludes halogenated alkanes) is 2. The zero-order valence-corrected chi connectivity index (χ0v) is 26.5. The molecule has 2 aliphatic rings. The van der Waals surface area contributed by atoms with Crippen molar-refractivity contribution in [3.05, 3.63) is 59.2 Å². The number of hydrogen-bond donors (Lipinski definition) is 0. The molecule has 200 valence electrons. The fraction of sp³-hybridized carbons (Fsp3) is 0.423. The van der Waals surface area contributed by atoms with Gasteiger partial charge in [0.25, 0.3) is 11.8 Å². The first-order valence-electron chi connectivity index (χ1n) is 12.4. The molecule has 2 heterocycles. The maximum Gasteiger partial charge on any atom is 1.00 e. The Kier molecular flexibility index (Phi) is 13.2. The number of para-hydroxylation sites is 1. The van der Waals surface area contributed by atoms with Gasteiger partial charge in [0, 0.05) is 30.3 Å². The molecular weight excluding hydrogens is 553 g/mol. The molecule has 3 rings (SSSR count). The van der Waals surface area contributed by atoms with Crippen molar-refractivity contribution in [2.24, 2.45) is 0 Å². The SMILES string of the molecule is CCCCN1C(=O)C(=C/C=C/C=C2\Sc3ccccc3N2CCCS(=O)(=O)[O-])C(=O)N(CCCC)C1=S.[Na+]. The van der Waals surface area contributed by atoms with E-state index in [1.807, 2.05) is 49.1 Å². The molecule has 12 heteroatoms. The topological polar surface area (TPSA) is 101 Å². The van der Waals surface area contributed by atoms with E-state index in [1.165, 1.54) is 27.6 Å². The zero-order valence-electron chi connectivity index (χ0n) is 22.1. The predicted molar refractivity (Wildman–Crippen MR) is 150 cm³/mol. The van der Waals surface area contributed by atoms with E-state index in [-0.39, 0.29) is 58.5 Å². The summed E-state index contributed by atoms with van der Waals surface area (Å²) in [6.07, 6.45) is 10.4. The number of hydrogen-bond acceptors (Lipinski definition) is 8. The smallest absolute Gasteiger partial charge is 0.748 e. The van der Waals surface area contributed by atoms with Gasteiger partial charge in [0.2, 0.25) is 0 Å². The normalized spacial score (nSPS) is 17.0. The molecule has 0 aromatic heterocycles. The van der Waals surface area contributed by atoms with Crippen molar-refractivity contribution in [2.45, 2.75) is 50.8 Å². The number of thioether (sulfide) groups is 1. The summed E-state index contributed by atoms with van der Waals surface area (Å²) >= 11 is 7.01. The number of nitrogens with zero attached hydrogens (tertiary/aromatic N) is 3. The summed E-state index contributed by atoms with van der Waals surface area (Å²) in [5, 5.41) is 1.13. The van der Waals surface area contributed by atoms with Gasteiger partial charge in [-0.15, -0.1) is 0 Å². The van der Waals surface area contributed by atoms with Gasteiger partial charge in [-0.2, -0.15) is 0 Å². The van der Waals surface area contributed by atoms with Gasteiger partial charge >= 0.3 is 29.6 Å². The molecule has 0 N–H and O–H groups in total. The van der Waals surface area contributed by atoms with Crippen molar-refractivity contribution in [2.75, 3.05) is 30.3 Å². The van der Waals surface area contributed by atoms with Crippen molar-refractivity contribution in [3.8, 4) is 0 Å². The number of carbonyl (C=O) groups excluding carboxylic acids is 2. The Balaban J connectivity index is 0.00000507. The van der Waals surface area contributed by atoms with Crippen molar-refractivity contribution < 1.29 is 52.1 Å². The number of carbonyl (C=O) groups is 2. The Morgan fingerprint density at radius 2 is 1.45 bits per heavy atom. The van der Waals surface area contributed by atoms with Crippen molar-refractivity contribution in [1.29, 1.82) is 0 Å². The number of thiocarbonyl (C=S) groups is 1. The van der Waals surface area contributed by atoms with E-state index in [0.717, 1.165) is 41.3 Å². The van der Waals surface area contributed by atoms with Crippen LogP contribution in [0.4, 0.5) is 5.69 Å². The zero-order chi connectivity index (χ0) is 27.0. The predicted octanol–water partition coefficient (Wildman–Crippen LogP) is 1.42. The van der Waals surface area contributed by atoms with Crippen LogP contribution in [0, 0.1) is 0 Å². The Morgan fingerprint density at radius 1 is 0.895 bits per heavy atom. The van der Waals surface area contributed by atoms with Gasteiger partial charge in [-0.25, -0.2) is 8.42 Å². The molecule has 2 aliphatic heterocycles. The molecule has 1 aromatic carbocycles. The van der Waals surface area contributed by atoms with E-state index in [2.05, 4.69) is 0 Å². The number of fused-ring (bicyclic) bond motifs is 1. The van der Waals surface area contributed by atoms with Crippen molar-refractivity contribution >= 4 is 56.7 Å². The molecule has 0 unspecified atom stereocenters. The van der Waals surface area contributed by atoms with E-state index < -0.39 is 15.9 Å². The molecule has 0 aliphatic carbocycles. The third-order valence-corrected chi connectivity index (χ3v) is 8.27. The Bertz CT molecular complexity index is 1200. The van der Waals surface area contributed by atoms with Crippen LogP contribution in [0.3, 0.4) is 0 Å². The largest absolute Gasteiger partial charge is 1.00 e. The van der Waals surface area contributed by atoms with Crippen LogP contribution in [0.2, 0.25) is 0 Å². The average Bonchev–Trinajstić information content (AvgIpc) is 3.20. The summed E-state index contributed by atoms with van der Waals surface area (Å²) in [6, 6.07) is 7.74. The Hall–Kier alpha value is -1.47. The molecule has 1 aromatic rings. The quantitative estimate of drug-likeness (QED) is 0.119. The molecule has 1 fully saturated rings. The number of benzene rings is 1. The average molecular weight is 586 g/mol. The van der Waals surface area contributed by atoms with Crippen LogP contribution in [0.25, 0.3) is 0 Å². The van der Waals surface area contributed by atoms with Gasteiger partial charge in [0.15, 0.2) is 5.11 Å². The third-order valence-electron chi connectivity index (χ3n) is 5.91. The van der Waals surface area contributed by atoms with Crippen LogP contribution in [-0.4, -0.2) is 65.1 Å². The minimum atomic E-state index is -4.29. The van der Waals surface area contributed by atoms with Gasteiger partial charge in [-0.1, -0.05) is 62.7 Å². The summed E-state index contributed by atoms with van der Waals surface area (Å²) in [5.41, 5.74) is 1.02. The van der Waals surface area contributed by atoms with Gasteiger partial charge in [-0.05, 0) is 55.8 Å². The van der Waals surface area contributed by atoms with E-state index in [1.54, 1.807) is 12.2 Å². The minimum Gasteiger partial charge on any atom is -0.748 e. The van der Waals surface area contributed by atoms with Gasteiger partial charge in [-0.3, -0.25) is 19.4 Å². The molecule has 0 bridgehead atoms. The van der Waals surface area contributed by atoms with E-state index in [0.29, 0.717) is 19.6 Å². The summed E-state index contributed by atoms with van der Waals surface area (Å²) < 4.78 is 33.1. The van der Waals surface area contributed by atoms with E-state index in [9.17, 15) is 22.6 Å². The third kappa shape index (κ3) is 8.51. The summed E-state index contributed by atoms with van der Waals surface area (Å²) in [4.78, 5) is 32.2. The second kappa shape index (κ2) is 15.4. The van der Waals surface area contributed by atoms with Crippen LogP contribution in [-0.2, 0) is 19.7 Å². The van der Waals surface area contributed by atoms with Crippen LogP contribution in [0.1, 0.15) is 46.0 Å². The molecule has 0 spiro atoms. The van der Waals surface area contributed by atoms with Crippen LogP contribution >= 0.6 is 24.0 Å². The van der Waals surface area contributed by atoms with Crippen LogP contribution < -0.4 is 34.5 Å². The fourth-order valence-corrected chi connectivity index (χ4v) is 5.90. The monoisotopic (exact) mass is 585 g/mol. The minimum absolute atomic E-state index is 0. The molecule has 1 saturated heterocycles. The molecule has 0 atom stereocenters. The van der Waals surface area contributed by atoms with Crippen LogP contribution in [0.15, 0.2) is 64.1 Å². The standard InChI is InChI=1S/C26H33N3O5S3.Na/c1-3-5-16-28-24(30)20(25(31)29(26(28)35)17-6-4-2)12-7-10-15-23-27(18-11-19-37(32,33)34)21-13-8-9-14-22(21)36-23;/h7-10,12-15H,3-6,11,16-19H2,1-2H3,(H,32,33,34);/q;+1/p-1/b10-7+,23-15-;. The first-order valence-corrected chi connectivity index (χ1v) is 15.2. The number of allylic oxidation sites excluding steroid dienone is 4. The van der Waals surface area contributed by atoms with Gasteiger partial charge in [0.05, 0.1) is 20.8 Å². The molecule has 8 nitrogen and oxygen atoms in total. The number of amides is 2. The molecule has 0 saturated carbocycles. The molecule has 0 radical (unpaired) electrons. The maximum absolute atomic E-state index is 13.1. The fourth-order valence-electron chi connectivity index (χ4n) is 3.97. The summed E-state index contributed by atoms with van der Waals surface area (Å²) in [7, 11) is -4.29. The van der Waals surface area contributed by atoms with Crippen molar-refractivity contribution in [1.82, 2.24) is 9.80 Å². The molecular formula is C26H32N3NaO5S3. The Morgan fingerprint density at radius 3 is 2.03 bits per heavy atom. The second-order valence-electron chi connectivity index (χ2n) is 8.71. The molecule has 2 amide bonds. The maximum atomic E-state index is 13.1. The Labute approximate surface area is 257 Å². The summed E-state index contributed by atoms with van der Waals surface area (Å²) in [5.74, 6) is -1.19. The first-order chi connectivity index (χ1) is 17.7. The summed E-state index contributed by atoms with van der Waals surface area (Å²) in [6.45, 7) is 5.38. The molecule has 38 heavy (non-hydrogen) atoms. The van der Waals surface area contributed by atoms with Crippen LogP contribution in [0.5, 0.6) is 0 Å². The first kappa shape index (κ1) is 32.7. The number of rotatable bonds is 12. The number of anilines is 1. The van der Waals surface area contributed by atoms with E-state index in [4.69, 9.17) is 12.2 Å². The van der Waals surface area contributed by atoms with Crippen molar-refractivity contribution in [3.63, 3.8) is 0 Å². The van der Waals surface area contributed by atoms with Gasteiger partial charge in [0.1, 0.15) is 5.57 Å².